The molecule has 1 N–H and O–H groups in total. The van der Waals surface area contributed by atoms with E-state index in [1.807, 2.05) is 24.3 Å². The molecular formula is C14H16BrN3S. The number of hydrogen-bond acceptors (Lipinski definition) is 4. The van der Waals surface area contributed by atoms with Gasteiger partial charge in [-0.15, -0.1) is 11.3 Å². The lowest BCUT2D eigenvalue weighted by Crippen LogP contribution is -2.11. The van der Waals surface area contributed by atoms with Crippen molar-refractivity contribution in [3.63, 3.8) is 0 Å². The van der Waals surface area contributed by atoms with Crippen LogP contribution in [0.25, 0.3) is 0 Å². The van der Waals surface area contributed by atoms with Crippen molar-refractivity contribution in [1.82, 2.24) is 4.98 Å². The third-order valence-electron chi connectivity index (χ3n) is 2.52. The number of hydrogen-bond donors (Lipinski definition) is 1. The minimum absolute atomic E-state index is 0.0752. The molecule has 0 saturated heterocycles. The molecule has 1 aromatic carbocycles. The summed E-state index contributed by atoms with van der Waals surface area (Å²) in [6.45, 7) is 6.45. The van der Waals surface area contributed by atoms with Crippen LogP contribution in [-0.4, -0.2) is 11.2 Å². The highest BCUT2D eigenvalue weighted by molar-refractivity contribution is 9.10. The van der Waals surface area contributed by atoms with Gasteiger partial charge in [0, 0.05) is 15.3 Å². The Morgan fingerprint density at radius 3 is 2.53 bits per heavy atom. The first-order valence-corrected chi connectivity index (χ1v) is 7.63. The lowest BCUT2D eigenvalue weighted by molar-refractivity contribution is 0.573. The van der Waals surface area contributed by atoms with Crippen molar-refractivity contribution in [1.29, 1.82) is 0 Å². The fourth-order valence-electron chi connectivity index (χ4n) is 1.38. The second-order valence-corrected chi connectivity index (χ2v) is 6.98. The SMILES string of the molecule is CC(C)(C)c1csc(NN=Cc2ccc(Br)cc2)n1. The van der Waals surface area contributed by atoms with Crippen LogP contribution in [0.2, 0.25) is 0 Å². The number of rotatable bonds is 3. The van der Waals surface area contributed by atoms with Crippen molar-refractivity contribution in [2.24, 2.45) is 5.10 Å². The Balaban J connectivity index is 1.99. The van der Waals surface area contributed by atoms with Crippen molar-refractivity contribution >= 4 is 38.6 Å². The van der Waals surface area contributed by atoms with Crippen LogP contribution < -0.4 is 5.43 Å². The van der Waals surface area contributed by atoms with Crippen molar-refractivity contribution in [3.05, 3.63) is 45.4 Å². The first kappa shape index (κ1) is 14.2. The van der Waals surface area contributed by atoms with Crippen LogP contribution in [-0.2, 0) is 5.41 Å². The summed E-state index contributed by atoms with van der Waals surface area (Å²) >= 11 is 4.97. The molecule has 100 valence electrons. The first-order chi connectivity index (χ1) is 8.95. The standard InChI is InChI=1S/C14H16BrN3S/c1-14(2,3)12-9-19-13(17-12)18-16-8-10-4-6-11(15)7-5-10/h4-9H,1-3H3,(H,17,18). The summed E-state index contributed by atoms with van der Waals surface area (Å²) in [6.07, 6.45) is 1.78. The van der Waals surface area contributed by atoms with Gasteiger partial charge in [0.25, 0.3) is 0 Å². The molecule has 0 aliphatic rings. The Hall–Kier alpha value is -1.20. The van der Waals surface area contributed by atoms with Crippen LogP contribution in [0.5, 0.6) is 0 Å². The number of benzene rings is 1. The smallest absolute Gasteiger partial charge is 0.203 e. The highest BCUT2D eigenvalue weighted by Gasteiger charge is 2.17. The van der Waals surface area contributed by atoms with Crippen LogP contribution in [0.4, 0.5) is 5.13 Å². The van der Waals surface area contributed by atoms with Crippen LogP contribution in [0.15, 0.2) is 39.2 Å². The molecule has 2 aromatic rings. The third-order valence-corrected chi connectivity index (χ3v) is 3.79. The van der Waals surface area contributed by atoms with Crippen LogP contribution in [0.3, 0.4) is 0 Å². The number of thiazole rings is 1. The molecule has 0 radical (unpaired) electrons. The fraction of sp³-hybridized carbons (Fsp3) is 0.286. The normalized spacial score (nSPS) is 12.0. The van der Waals surface area contributed by atoms with Gasteiger partial charge in [-0.25, -0.2) is 4.98 Å². The van der Waals surface area contributed by atoms with E-state index in [1.165, 1.54) is 0 Å². The van der Waals surface area contributed by atoms with E-state index in [-0.39, 0.29) is 5.41 Å². The largest absolute Gasteiger partial charge is 0.253 e. The minimum atomic E-state index is 0.0752. The molecule has 0 unspecified atom stereocenters. The molecule has 1 aromatic heterocycles. The number of aromatic nitrogens is 1. The van der Waals surface area contributed by atoms with Crippen molar-refractivity contribution < 1.29 is 0 Å². The van der Waals surface area contributed by atoms with E-state index in [2.05, 4.69) is 57.6 Å². The summed E-state index contributed by atoms with van der Waals surface area (Å²) in [6, 6.07) is 7.97. The molecule has 0 aliphatic heterocycles. The summed E-state index contributed by atoms with van der Waals surface area (Å²) in [5.74, 6) is 0. The second-order valence-electron chi connectivity index (χ2n) is 5.21. The summed E-state index contributed by atoms with van der Waals surface area (Å²) < 4.78 is 1.06. The number of hydrazone groups is 1. The number of anilines is 1. The lowest BCUT2D eigenvalue weighted by atomic mass is 9.93. The number of nitrogens with one attached hydrogen (secondary N) is 1. The van der Waals surface area contributed by atoms with E-state index < -0.39 is 0 Å². The van der Waals surface area contributed by atoms with Gasteiger partial charge in [0.15, 0.2) is 0 Å². The Morgan fingerprint density at radius 1 is 1.26 bits per heavy atom. The van der Waals surface area contributed by atoms with Crippen LogP contribution in [0.1, 0.15) is 32.0 Å². The van der Waals surface area contributed by atoms with E-state index in [0.717, 1.165) is 20.9 Å². The lowest BCUT2D eigenvalue weighted by Gasteiger charge is -2.13. The number of halogens is 1. The van der Waals surface area contributed by atoms with Gasteiger partial charge in [-0.05, 0) is 17.7 Å². The molecule has 0 fully saturated rings. The monoisotopic (exact) mass is 337 g/mol. The van der Waals surface area contributed by atoms with Crippen molar-refractivity contribution in [3.8, 4) is 0 Å². The number of nitrogens with zero attached hydrogens (tertiary/aromatic N) is 2. The quantitative estimate of drug-likeness (QED) is 0.653. The molecule has 0 amide bonds. The van der Waals surface area contributed by atoms with Gasteiger partial charge in [0.1, 0.15) is 0 Å². The Morgan fingerprint density at radius 2 is 1.95 bits per heavy atom. The molecule has 19 heavy (non-hydrogen) atoms. The van der Waals surface area contributed by atoms with Gasteiger partial charge in [0.2, 0.25) is 5.13 Å². The molecule has 0 bridgehead atoms. The zero-order chi connectivity index (χ0) is 13.9. The highest BCUT2D eigenvalue weighted by atomic mass is 79.9. The summed E-state index contributed by atoms with van der Waals surface area (Å²) in [4.78, 5) is 4.51. The summed E-state index contributed by atoms with van der Waals surface area (Å²) in [7, 11) is 0. The van der Waals surface area contributed by atoms with Gasteiger partial charge in [-0.1, -0.05) is 48.8 Å². The molecule has 3 nitrogen and oxygen atoms in total. The molecule has 5 heteroatoms. The van der Waals surface area contributed by atoms with E-state index in [4.69, 9.17) is 0 Å². The maximum atomic E-state index is 4.51. The van der Waals surface area contributed by atoms with Crippen LogP contribution in [0, 0.1) is 0 Å². The summed E-state index contributed by atoms with van der Waals surface area (Å²) in [5.41, 5.74) is 5.17. The predicted molar refractivity (Wildman–Crippen MR) is 86.2 cm³/mol. The van der Waals surface area contributed by atoms with Gasteiger partial charge >= 0.3 is 0 Å². The van der Waals surface area contributed by atoms with Crippen molar-refractivity contribution in [2.75, 3.05) is 5.43 Å². The minimum Gasteiger partial charge on any atom is -0.253 e. The fourth-order valence-corrected chi connectivity index (χ4v) is 2.53. The molecule has 0 atom stereocenters. The van der Waals surface area contributed by atoms with E-state index in [0.29, 0.717) is 0 Å². The second kappa shape index (κ2) is 5.84. The maximum Gasteiger partial charge on any atom is 0.203 e. The van der Waals surface area contributed by atoms with Gasteiger partial charge < -0.3 is 0 Å². The first-order valence-electron chi connectivity index (χ1n) is 5.96. The van der Waals surface area contributed by atoms with Crippen molar-refractivity contribution in [2.45, 2.75) is 26.2 Å². The Kier molecular flexibility index (Phi) is 4.37. The van der Waals surface area contributed by atoms with Gasteiger partial charge in [0.05, 0.1) is 11.9 Å². The van der Waals surface area contributed by atoms with Crippen LogP contribution >= 0.6 is 27.3 Å². The molecular weight excluding hydrogens is 322 g/mol. The Labute approximate surface area is 125 Å². The highest BCUT2D eigenvalue weighted by Crippen LogP contribution is 2.26. The zero-order valence-corrected chi connectivity index (χ0v) is 13.5. The van der Waals surface area contributed by atoms with E-state index in [9.17, 15) is 0 Å². The zero-order valence-electron chi connectivity index (χ0n) is 11.1. The maximum absolute atomic E-state index is 4.51. The molecule has 0 spiro atoms. The summed E-state index contributed by atoms with van der Waals surface area (Å²) in [5, 5.41) is 7.08. The molecule has 0 saturated carbocycles. The Bertz CT molecular complexity index is 567. The molecule has 1 heterocycles. The average Bonchev–Trinajstić information content (AvgIpc) is 2.80. The third kappa shape index (κ3) is 4.14. The molecule has 2 rings (SSSR count). The van der Waals surface area contributed by atoms with Gasteiger partial charge in [-0.2, -0.15) is 5.10 Å². The topological polar surface area (TPSA) is 37.3 Å². The van der Waals surface area contributed by atoms with Gasteiger partial charge in [-0.3, -0.25) is 5.43 Å². The van der Waals surface area contributed by atoms with E-state index >= 15 is 0 Å². The predicted octanol–water partition coefficient (Wildman–Crippen LogP) is 4.65. The molecule has 0 aliphatic carbocycles. The average molecular weight is 338 g/mol. The van der Waals surface area contributed by atoms with E-state index in [1.54, 1.807) is 17.6 Å².